The number of hydrogen-bond acceptors (Lipinski definition) is 4. The molecule has 0 aliphatic carbocycles. The molecule has 0 amide bonds. The fraction of sp³-hybridized carbons (Fsp3) is 0.818. The van der Waals surface area contributed by atoms with E-state index in [-0.39, 0.29) is 0 Å². The number of nitrogens with zero attached hydrogens (tertiary/aromatic N) is 3. The predicted octanol–water partition coefficient (Wildman–Crippen LogP) is 1.16. The van der Waals surface area contributed by atoms with Crippen molar-refractivity contribution < 1.29 is 0 Å². The van der Waals surface area contributed by atoms with Gasteiger partial charge in [0.05, 0.1) is 0 Å². The van der Waals surface area contributed by atoms with E-state index in [2.05, 4.69) is 22.4 Å². The highest BCUT2D eigenvalue weighted by Gasteiger charge is 2.10. The number of aryl methyl sites for hydroxylation is 1. The summed E-state index contributed by atoms with van der Waals surface area (Å²) in [6.07, 6.45) is 8.61. The summed E-state index contributed by atoms with van der Waals surface area (Å²) in [6.45, 7) is 2.22. The highest BCUT2D eigenvalue weighted by atomic mass is 15.3. The van der Waals surface area contributed by atoms with E-state index in [0.717, 1.165) is 18.7 Å². The molecule has 1 rings (SSSR count). The van der Waals surface area contributed by atoms with Gasteiger partial charge in [-0.2, -0.15) is 5.10 Å². The van der Waals surface area contributed by atoms with Gasteiger partial charge in [0.1, 0.15) is 12.2 Å². The van der Waals surface area contributed by atoms with Crippen molar-refractivity contribution in [3.63, 3.8) is 0 Å². The summed E-state index contributed by atoms with van der Waals surface area (Å²) in [7, 11) is 1.91. The largest absolute Gasteiger partial charge is 0.271 e. The van der Waals surface area contributed by atoms with Crippen LogP contribution < -0.4 is 11.3 Å². The summed E-state index contributed by atoms with van der Waals surface area (Å²) in [5.41, 5.74) is 2.86. The van der Waals surface area contributed by atoms with E-state index in [1.54, 1.807) is 11.0 Å². The van der Waals surface area contributed by atoms with Gasteiger partial charge in [-0.3, -0.25) is 16.0 Å². The van der Waals surface area contributed by atoms with Crippen LogP contribution in [0.2, 0.25) is 0 Å². The lowest BCUT2D eigenvalue weighted by atomic mass is 10.0. The zero-order valence-electron chi connectivity index (χ0n) is 10.3. The van der Waals surface area contributed by atoms with Crippen LogP contribution in [0.25, 0.3) is 0 Å². The number of aromatic nitrogens is 3. The molecule has 0 aromatic carbocycles. The number of rotatable bonds is 8. The van der Waals surface area contributed by atoms with Crippen LogP contribution in [0.15, 0.2) is 6.33 Å². The maximum absolute atomic E-state index is 5.55. The van der Waals surface area contributed by atoms with Gasteiger partial charge in [-0.05, 0) is 6.42 Å². The number of hydrogen-bond donors (Lipinski definition) is 2. The van der Waals surface area contributed by atoms with Crippen molar-refractivity contribution in [2.75, 3.05) is 0 Å². The molecular weight excluding hydrogens is 202 g/mol. The monoisotopic (exact) mass is 225 g/mol. The molecule has 1 heterocycles. The Labute approximate surface area is 97.4 Å². The van der Waals surface area contributed by atoms with Crippen LogP contribution in [0.3, 0.4) is 0 Å². The van der Waals surface area contributed by atoms with Crippen molar-refractivity contribution in [3.8, 4) is 0 Å². The van der Waals surface area contributed by atoms with E-state index in [0.29, 0.717) is 6.04 Å². The quantitative estimate of drug-likeness (QED) is 0.396. The number of unbranched alkanes of at least 4 members (excludes halogenated alkanes) is 3. The predicted molar refractivity (Wildman–Crippen MR) is 64.6 cm³/mol. The molecule has 5 nitrogen and oxygen atoms in total. The Hall–Kier alpha value is -0.940. The average molecular weight is 225 g/mol. The number of nitrogens with two attached hydrogens (primary N) is 1. The van der Waals surface area contributed by atoms with Crippen molar-refractivity contribution in [2.24, 2.45) is 12.9 Å². The minimum absolute atomic E-state index is 0.305. The van der Waals surface area contributed by atoms with E-state index in [9.17, 15) is 0 Å². The molecule has 0 aliphatic heterocycles. The molecule has 0 radical (unpaired) electrons. The van der Waals surface area contributed by atoms with Crippen LogP contribution in [0.4, 0.5) is 0 Å². The molecule has 1 atom stereocenters. The van der Waals surface area contributed by atoms with Crippen molar-refractivity contribution in [1.29, 1.82) is 0 Å². The topological polar surface area (TPSA) is 68.8 Å². The molecule has 1 aromatic rings. The first kappa shape index (κ1) is 13.1. The minimum Gasteiger partial charge on any atom is -0.271 e. The Balaban J connectivity index is 2.29. The van der Waals surface area contributed by atoms with Gasteiger partial charge in [-0.1, -0.05) is 32.6 Å². The first-order valence-electron chi connectivity index (χ1n) is 6.07. The summed E-state index contributed by atoms with van der Waals surface area (Å²) in [4.78, 5) is 4.20. The van der Waals surface area contributed by atoms with Gasteiger partial charge in [-0.25, -0.2) is 4.98 Å². The third kappa shape index (κ3) is 4.28. The van der Waals surface area contributed by atoms with Gasteiger partial charge < -0.3 is 0 Å². The van der Waals surface area contributed by atoms with Gasteiger partial charge in [0, 0.05) is 19.5 Å². The summed E-state index contributed by atoms with van der Waals surface area (Å²) in [6, 6.07) is 0.305. The summed E-state index contributed by atoms with van der Waals surface area (Å²) in [5, 5.41) is 4.05. The van der Waals surface area contributed by atoms with Crippen LogP contribution in [0.5, 0.6) is 0 Å². The lowest BCUT2D eigenvalue weighted by Gasteiger charge is -2.14. The Kier molecular flexibility index (Phi) is 6.03. The molecule has 0 bridgehead atoms. The summed E-state index contributed by atoms with van der Waals surface area (Å²) >= 11 is 0. The fourth-order valence-corrected chi connectivity index (χ4v) is 1.79. The fourth-order valence-electron chi connectivity index (χ4n) is 1.79. The molecule has 0 saturated carbocycles. The first-order chi connectivity index (χ1) is 7.77. The number of nitrogens with one attached hydrogen (secondary N) is 1. The van der Waals surface area contributed by atoms with Gasteiger partial charge in [-0.15, -0.1) is 0 Å². The lowest BCUT2D eigenvalue weighted by molar-refractivity contribution is 0.449. The van der Waals surface area contributed by atoms with Crippen LogP contribution in [0, 0.1) is 0 Å². The van der Waals surface area contributed by atoms with Gasteiger partial charge in [0.15, 0.2) is 0 Å². The van der Waals surface area contributed by atoms with Crippen LogP contribution in [0.1, 0.15) is 44.9 Å². The van der Waals surface area contributed by atoms with Crippen LogP contribution in [-0.2, 0) is 13.5 Å². The van der Waals surface area contributed by atoms with E-state index >= 15 is 0 Å². The van der Waals surface area contributed by atoms with Crippen molar-refractivity contribution >= 4 is 0 Å². The molecule has 0 fully saturated rings. The van der Waals surface area contributed by atoms with Gasteiger partial charge >= 0.3 is 0 Å². The maximum Gasteiger partial charge on any atom is 0.138 e. The lowest BCUT2D eigenvalue weighted by Crippen LogP contribution is -2.37. The molecule has 1 aromatic heterocycles. The second-order valence-corrected chi connectivity index (χ2v) is 4.22. The second-order valence-electron chi connectivity index (χ2n) is 4.22. The Morgan fingerprint density at radius 1 is 1.44 bits per heavy atom. The van der Waals surface area contributed by atoms with Crippen molar-refractivity contribution in [1.82, 2.24) is 20.2 Å². The molecule has 16 heavy (non-hydrogen) atoms. The minimum atomic E-state index is 0.305. The molecule has 0 spiro atoms. The zero-order valence-corrected chi connectivity index (χ0v) is 10.3. The van der Waals surface area contributed by atoms with Crippen molar-refractivity contribution in [2.45, 2.75) is 51.5 Å². The standard InChI is InChI=1S/C11H23N5/c1-3-4-5-6-7-10(15-12)8-11-13-9-14-16(11)2/h9-10,15H,3-8,12H2,1-2H3. The van der Waals surface area contributed by atoms with Gasteiger partial charge in [0.25, 0.3) is 0 Å². The van der Waals surface area contributed by atoms with Crippen LogP contribution >= 0.6 is 0 Å². The highest BCUT2D eigenvalue weighted by molar-refractivity contribution is 4.88. The third-order valence-corrected chi connectivity index (χ3v) is 2.88. The van der Waals surface area contributed by atoms with Crippen LogP contribution in [-0.4, -0.2) is 20.8 Å². The normalized spacial score (nSPS) is 12.9. The van der Waals surface area contributed by atoms with E-state index in [1.165, 1.54) is 25.7 Å². The molecule has 1 unspecified atom stereocenters. The van der Waals surface area contributed by atoms with E-state index in [4.69, 9.17) is 5.84 Å². The van der Waals surface area contributed by atoms with E-state index < -0.39 is 0 Å². The van der Waals surface area contributed by atoms with Crippen molar-refractivity contribution in [3.05, 3.63) is 12.2 Å². The molecule has 5 heteroatoms. The maximum atomic E-state index is 5.55. The Morgan fingerprint density at radius 2 is 2.25 bits per heavy atom. The molecule has 3 N–H and O–H groups in total. The number of hydrazine groups is 1. The molecular formula is C11H23N5. The third-order valence-electron chi connectivity index (χ3n) is 2.88. The average Bonchev–Trinajstić information content (AvgIpc) is 2.68. The Bertz CT molecular complexity index is 284. The highest BCUT2D eigenvalue weighted by Crippen LogP contribution is 2.08. The molecule has 92 valence electrons. The molecule has 0 aliphatic rings. The Morgan fingerprint density at radius 3 is 2.81 bits per heavy atom. The van der Waals surface area contributed by atoms with E-state index in [1.807, 2.05) is 7.05 Å². The van der Waals surface area contributed by atoms with Gasteiger partial charge in [0.2, 0.25) is 0 Å². The summed E-state index contributed by atoms with van der Waals surface area (Å²) in [5.74, 6) is 6.53. The zero-order chi connectivity index (χ0) is 11.8. The SMILES string of the molecule is CCCCCCC(Cc1ncnn1C)NN. The molecule has 0 saturated heterocycles. The summed E-state index contributed by atoms with van der Waals surface area (Å²) < 4.78 is 1.80. The first-order valence-corrected chi connectivity index (χ1v) is 6.07. The second kappa shape index (κ2) is 7.35. The smallest absolute Gasteiger partial charge is 0.138 e.